The van der Waals surface area contributed by atoms with Crippen molar-refractivity contribution < 1.29 is 32.2 Å². The normalized spacial score (nSPS) is 11.7. The van der Waals surface area contributed by atoms with Crippen LogP contribution >= 0.6 is 11.3 Å². The van der Waals surface area contributed by atoms with Gasteiger partial charge >= 0.3 is 12.1 Å². The number of aryl methyl sites for hydroxylation is 1. The first-order valence-electron chi connectivity index (χ1n) is 9.07. The molecule has 0 radical (unpaired) electrons. The molecule has 4 aromatic rings. The van der Waals surface area contributed by atoms with E-state index in [9.17, 15) is 18.0 Å². The van der Waals surface area contributed by atoms with Gasteiger partial charge in [-0.25, -0.2) is 9.97 Å². The minimum atomic E-state index is -4.39. The maximum Gasteiger partial charge on any atom is 0.416 e. The van der Waals surface area contributed by atoms with Crippen LogP contribution in [0.15, 0.2) is 46.9 Å². The molecule has 160 valence electrons. The zero-order valence-electron chi connectivity index (χ0n) is 16.1. The number of carbonyl (C=O) groups is 1. The smallest absolute Gasteiger partial charge is 0.416 e. The van der Waals surface area contributed by atoms with Crippen LogP contribution in [0.1, 0.15) is 22.0 Å². The van der Waals surface area contributed by atoms with Crippen LogP contribution in [0.25, 0.3) is 21.7 Å². The van der Waals surface area contributed by atoms with Crippen molar-refractivity contribution in [3.8, 4) is 16.3 Å². The Hall–Kier alpha value is -3.40. The average molecular weight is 448 g/mol. The molecule has 0 aliphatic heterocycles. The van der Waals surface area contributed by atoms with Crippen LogP contribution in [0.3, 0.4) is 0 Å². The molecule has 0 amide bonds. The lowest BCUT2D eigenvalue weighted by molar-refractivity contribution is -0.138. The zero-order valence-corrected chi connectivity index (χ0v) is 16.9. The summed E-state index contributed by atoms with van der Waals surface area (Å²) in [5, 5.41) is 9.49. The van der Waals surface area contributed by atoms with E-state index >= 15 is 0 Å². The molecule has 0 saturated carbocycles. The molecule has 0 saturated heterocycles. The highest BCUT2D eigenvalue weighted by atomic mass is 32.1. The summed E-state index contributed by atoms with van der Waals surface area (Å²) in [5.41, 5.74) is 1.42. The Morgan fingerprint density at radius 1 is 1.16 bits per heavy atom. The van der Waals surface area contributed by atoms with Gasteiger partial charge in [0.15, 0.2) is 11.1 Å². The fraction of sp³-hybridized carbons (Fsp3) is 0.190. The SMILES string of the molecule is Cc1nc(-c2ccc(C(F)(F)F)cc2)sc1COc1cccc2oc(CC(=O)O)nc12. The number of halogens is 3. The van der Waals surface area contributed by atoms with Crippen LogP contribution < -0.4 is 4.74 Å². The molecule has 0 aliphatic carbocycles. The lowest BCUT2D eigenvalue weighted by atomic mass is 10.1. The topological polar surface area (TPSA) is 85.5 Å². The number of hydrogen-bond acceptors (Lipinski definition) is 6. The van der Waals surface area contributed by atoms with Gasteiger partial charge < -0.3 is 14.3 Å². The van der Waals surface area contributed by atoms with E-state index in [0.29, 0.717) is 33.1 Å². The molecule has 1 N–H and O–H groups in total. The molecule has 0 unspecified atom stereocenters. The van der Waals surface area contributed by atoms with E-state index < -0.39 is 17.7 Å². The van der Waals surface area contributed by atoms with Crippen molar-refractivity contribution in [2.75, 3.05) is 0 Å². The van der Waals surface area contributed by atoms with Gasteiger partial charge in [0.05, 0.1) is 16.1 Å². The summed E-state index contributed by atoms with van der Waals surface area (Å²) < 4.78 is 49.6. The number of thiazole rings is 1. The monoisotopic (exact) mass is 448 g/mol. The molecule has 0 fully saturated rings. The van der Waals surface area contributed by atoms with E-state index in [0.717, 1.165) is 17.0 Å². The number of oxazole rings is 1. The lowest BCUT2D eigenvalue weighted by Crippen LogP contribution is -2.03. The van der Waals surface area contributed by atoms with Crippen LogP contribution in [0.4, 0.5) is 13.2 Å². The summed E-state index contributed by atoms with van der Waals surface area (Å²) in [7, 11) is 0. The van der Waals surface area contributed by atoms with Crippen molar-refractivity contribution in [3.63, 3.8) is 0 Å². The molecule has 0 bridgehead atoms. The van der Waals surface area contributed by atoms with Crippen molar-refractivity contribution in [3.05, 3.63) is 64.5 Å². The Morgan fingerprint density at radius 3 is 2.58 bits per heavy atom. The fourth-order valence-electron chi connectivity index (χ4n) is 2.92. The summed E-state index contributed by atoms with van der Waals surface area (Å²) in [6.45, 7) is 1.97. The lowest BCUT2D eigenvalue weighted by Gasteiger charge is -2.06. The maximum absolute atomic E-state index is 12.8. The Bertz CT molecular complexity index is 1250. The molecular formula is C21H15F3N2O4S. The number of carboxylic acid groups (broad SMARTS) is 1. The number of ether oxygens (including phenoxy) is 1. The fourth-order valence-corrected chi connectivity index (χ4v) is 3.90. The number of alkyl halides is 3. The maximum atomic E-state index is 12.8. The minimum absolute atomic E-state index is 0.0807. The van der Waals surface area contributed by atoms with E-state index in [-0.39, 0.29) is 18.9 Å². The number of carboxylic acids is 1. The predicted molar refractivity (Wildman–Crippen MR) is 107 cm³/mol. The van der Waals surface area contributed by atoms with Gasteiger partial charge in [0.1, 0.15) is 23.8 Å². The summed E-state index contributed by atoms with van der Waals surface area (Å²) in [5.74, 6) is -0.538. The van der Waals surface area contributed by atoms with E-state index in [1.54, 1.807) is 25.1 Å². The van der Waals surface area contributed by atoms with Gasteiger partial charge in [0.2, 0.25) is 5.89 Å². The molecule has 6 nitrogen and oxygen atoms in total. The van der Waals surface area contributed by atoms with E-state index in [1.807, 2.05) is 0 Å². The summed E-state index contributed by atoms with van der Waals surface area (Å²) in [6, 6.07) is 9.92. The van der Waals surface area contributed by atoms with Gasteiger partial charge in [-0.1, -0.05) is 18.2 Å². The highest BCUT2D eigenvalue weighted by Crippen LogP contribution is 2.34. The third kappa shape index (κ3) is 4.53. The number of nitrogens with zero attached hydrogens (tertiary/aromatic N) is 2. The van der Waals surface area contributed by atoms with Gasteiger partial charge in [-0.2, -0.15) is 13.2 Å². The molecule has 10 heteroatoms. The Kier molecular flexibility index (Phi) is 5.40. The third-order valence-corrected chi connectivity index (χ3v) is 5.62. The summed E-state index contributed by atoms with van der Waals surface area (Å²) >= 11 is 1.33. The van der Waals surface area contributed by atoms with Crippen molar-refractivity contribution in [2.45, 2.75) is 26.1 Å². The van der Waals surface area contributed by atoms with Crippen molar-refractivity contribution in [1.29, 1.82) is 0 Å². The minimum Gasteiger partial charge on any atom is -0.486 e. The standard InChI is InChI=1S/C21H15F3N2O4S/c1-11-16(31-20(25-11)12-5-7-13(8-6-12)21(22,23)24)10-29-14-3-2-4-15-19(14)26-17(30-15)9-18(27)28/h2-8H,9-10H2,1H3,(H,27,28). The van der Waals surface area contributed by atoms with Gasteiger partial charge in [-0.15, -0.1) is 11.3 Å². The van der Waals surface area contributed by atoms with Crippen molar-refractivity contribution in [1.82, 2.24) is 9.97 Å². The largest absolute Gasteiger partial charge is 0.486 e. The number of benzene rings is 2. The third-order valence-electron chi connectivity index (χ3n) is 4.44. The van der Waals surface area contributed by atoms with Crippen LogP contribution in [0.5, 0.6) is 5.75 Å². The Balaban J connectivity index is 1.53. The summed E-state index contributed by atoms with van der Waals surface area (Å²) in [6.07, 6.45) is -4.72. The van der Waals surface area contributed by atoms with Gasteiger partial charge in [0.25, 0.3) is 0 Å². The molecule has 2 heterocycles. The molecule has 4 rings (SSSR count). The van der Waals surface area contributed by atoms with Crippen molar-refractivity contribution >= 4 is 28.4 Å². The number of aromatic nitrogens is 2. The van der Waals surface area contributed by atoms with Crippen molar-refractivity contribution in [2.24, 2.45) is 0 Å². The van der Waals surface area contributed by atoms with E-state index in [1.165, 1.54) is 23.5 Å². The number of aliphatic carboxylic acids is 1. The Morgan fingerprint density at radius 2 is 1.90 bits per heavy atom. The van der Waals surface area contributed by atoms with Crippen LogP contribution in [0, 0.1) is 6.92 Å². The van der Waals surface area contributed by atoms with Crippen LogP contribution in [-0.2, 0) is 24.0 Å². The number of rotatable bonds is 6. The molecule has 0 atom stereocenters. The predicted octanol–water partition coefficient (Wildman–Crippen LogP) is 5.48. The summed E-state index contributed by atoms with van der Waals surface area (Å²) in [4.78, 5) is 20.3. The second kappa shape index (κ2) is 8.03. The molecule has 31 heavy (non-hydrogen) atoms. The molecular weight excluding hydrogens is 433 g/mol. The number of fused-ring (bicyclic) bond motifs is 1. The zero-order chi connectivity index (χ0) is 22.2. The van der Waals surface area contributed by atoms with Gasteiger partial charge in [-0.05, 0) is 31.2 Å². The first kappa shape index (κ1) is 20.9. The quantitative estimate of drug-likeness (QED) is 0.420. The van der Waals surface area contributed by atoms with E-state index in [2.05, 4.69) is 9.97 Å². The van der Waals surface area contributed by atoms with Crippen LogP contribution in [0.2, 0.25) is 0 Å². The molecule has 2 aromatic heterocycles. The van der Waals surface area contributed by atoms with Gasteiger partial charge in [-0.3, -0.25) is 4.79 Å². The second-order valence-corrected chi connectivity index (χ2v) is 7.76. The number of hydrogen-bond donors (Lipinski definition) is 1. The molecule has 2 aromatic carbocycles. The highest BCUT2D eigenvalue weighted by Gasteiger charge is 2.30. The van der Waals surface area contributed by atoms with Gasteiger partial charge in [0, 0.05) is 5.56 Å². The molecule has 0 aliphatic rings. The van der Waals surface area contributed by atoms with Crippen LogP contribution in [-0.4, -0.2) is 21.0 Å². The highest BCUT2D eigenvalue weighted by molar-refractivity contribution is 7.15. The first-order valence-corrected chi connectivity index (χ1v) is 9.89. The van der Waals surface area contributed by atoms with E-state index in [4.69, 9.17) is 14.3 Å². The Labute approximate surface area is 177 Å². The average Bonchev–Trinajstić information content (AvgIpc) is 3.28. The second-order valence-electron chi connectivity index (χ2n) is 6.67. The number of para-hydroxylation sites is 1. The molecule has 0 spiro atoms. The first-order chi connectivity index (χ1) is 14.7.